The number of hydrogen-bond donors (Lipinski definition) is 1. The summed E-state index contributed by atoms with van der Waals surface area (Å²) in [5, 5.41) is 5.10. The molecule has 0 radical (unpaired) electrons. The van der Waals surface area contributed by atoms with Crippen molar-refractivity contribution in [2.45, 2.75) is 5.03 Å². The van der Waals surface area contributed by atoms with E-state index >= 15 is 0 Å². The lowest BCUT2D eigenvalue weighted by Gasteiger charge is -2.20. The lowest BCUT2D eigenvalue weighted by Crippen LogP contribution is -2.17. The van der Waals surface area contributed by atoms with Gasteiger partial charge in [0.15, 0.2) is 11.5 Å². The minimum Gasteiger partial charge on any atom is -0.486 e. The van der Waals surface area contributed by atoms with Gasteiger partial charge in [0.25, 0.3) is 0 Å². The van der Waals surface area contributed by atoms with Crippen LogP contribution in [-0.2, 0) is 4.79 Å². The predicted molar refractivity (Wildman–Crippen MR) is 104 cm³/mol. The summed E-state index contributed by atoms with van der Waals surface area (Å²) in [7, 11) is 0. The molecule has 1 aliphatic rings. The number of pyridine rings is 1. The molecule has 2 heterocycles. The van der Waals surface area contributed by atoms with Gasteiger partial charge in [-0.05, 0) is 12.1 Å². The second-order valence-electron chi connectivity index (χ2n) is 5.65. The Kier molecular flexibility index (Phi) is 4.86. The summed E-state index contributed by atoms with van der Waals surface area (Å²) >= 11 is 7.59. The Labute approximate surface area is 159 Å². The Bertz CT molecular complexity index is 980. The predicted octanol–water partition coefficient (Wildman–Crippen LogP) is 4.39. The molecule has 7 heteroatoms. The van der Waals surface area contributed by atoms with E-state index < -0.39 is 0 Å². The average Bonchev–Trinajstić information content (AvgIpc) is 2.67. The maximum atomic E-state index is 12.3. The summed E-state index contributed by atoms with van der Waals surface area (Å²) in [6.45, 7) is 0.968. The zero-order valence-electron chi connectivity index (χ0n) is 13.7. The zero-order chi connectivity index (χ0) is 17.9. The quantitative estimate of drug-likeness (QED) is 0.674. The van der Waals surface area contributed by atoms with Crippen molar-refractivity contribution in [2.75, 3.05) is 24.3 Å². The Hall–Kier alpha value is -2.44. The number of ether oxygens (including phenoxy) is 2. The lowest BCUT2D eigenvalue weighted by atomic mass is 10.2. The number of nitrogens with one attached hydrogen (secondary N) is 1. The number of benzene rings is 2. The minimum atomic E-state index is -0.163. The molecule has 1 N–H and O–H groups in total. The van der Waals surface area contributed by atoms with Crippen LogP contribution in [0.2, 0.25) is 5.02 Å². The molecule has 0 unspecified atom stereocenters. The van der Waals surface area contributed by atoms with Gasteiger partial charge >= 0.3 is 0 Å². The molecule has 26 heavy (non-hydrogen) atoms. The molecule has 1 amide bonds. The fourth-order valence-corrected chi connectivity index (χ4v) is 3.49. The molecule has 2 aromatic carbocycles. The minimum absolute atomic E-state index is 0.163. The van der Waals surface area contributed by atoms with Gasteiger partial charge in [-0.1, -0.05) is 47.6 Å². The topological polar surface area (TPSA) is 60.5 Å². The molecule has 0 saturated carbocycles. The smallest absolute Gasteiger partial charge is 0.234 e. The fourth-order valence-electron chi connectivity index (χ4n) is 2.61. The van der Waals surface area contributed by atoms with Crippen molar-refractivity contribution in [3.63, 3.8) is 0 Å². The first-order valence-electron chi connectivity index (χ1n) is 8.07. The number of thioether (sulfide) groups is 1. The fraction of sp³-hybridized carbons (Fsp3) is 0.158. The van der Waals surface area contributed by atoms with Gasteiger partial charge < -0.3 is 14.8 Å². The second-order valence-corrected chi connectivity index (χ2v) is 7.06. The maximum Gasteiger partial charge on any atom is 0.234 e. The van der Waals surface area contributed by atoms with E-state index in [4.69, 9.17) is 21.1 Å². The SMILES string of the molecule is O=C(CSc1ccc2ccccc2n1)Nc1cc2c(cc1Cl)OCCO2. The molecule has 0 aliphatic carbocycles. The number of fused-ring (bicyclic) bond motifs is 2. The number of amides is 1. The van der Waals surface area contributed by atoms with Crippen molar-refractivity contribution in [3.8, 4) is 11.5 Å². The van der Waals surface area contributed by atoms with E-state index in [1.165, 1.54) is 11.8 Å². The highest BCUT2D eigenvalue weighted by molar-refractivity contribution is 7.99. The third-order valence-electron chi connectivity index (χ3n) is 3.83. The van der Waals surface area contributed by atoms with Crippen LogP contribution in [0.5, 0.6) is 11.5 Å². The van der Waals surface area contributed by atoms with Crippen LogP contribution in [0.1, 0.15) is 0 Å². The largest absolute Gasteiger partial charge is 0.486 e. The van der Waals surface area contributed by atoms with Crippen LogP contribution < -0.4 is 14.8 Å². The number of halogens is 1. The summed E-state index contributed by atoms with van der Waals surface area (Å²) in [6.07, 6.45) is 0. The zero-order valence-corrected chi connectivity index (χ0v) is 15.3. The summed E-state index contributed by atoms with van der Waals surface area (Å²) in [5.74, 6) is 1.24. The van der Waals surface area contributed by atoms with Crippen LogP contribution in [0.4, 0.5) is 5.69 Å². The first kappa shape index (κ1) is 17.0. The Balaban J connectivity index is 1.42. The normalized spacial score (nSPS) is 12.8. The number of hydrogen-bond acceptors (Lipinski definition) is 5. The molecule has 5 nitrogen and oxygen atoms in total. The van der Waals surface area contributed by atoms with Crippen molar-refractivity contribution in [2.24, 2.45) is 0 Å². The average molecular weight is 387 g/mol. The number of carbonyl (C=O) groups excluding carboxylic acids is 1. The van der Waals surface area contributed by atoms with Gasteiger partial charge in [0.1, 0.15) is 13.2 Å². The van der Waals surface area contributed by atoms with Crippen molar-refractivity contribution in [3.05, 3.63) is 53.6 Å². The Morgan fingerprint density at radius 1 is 1.12 bits per heavy atom. The number of rotatable bonds is 4. The van der Waals surface area contributed by atoms with Crippen LogP contribution in [0.3, 0.4) is 0 Å². The highest BCUT2D eigenvalue weighted by Gasteiger charge is 2.16. The molecule has 0 bridgehead atoms. The van der Waals surface area contributed by atoms with Crippen molar-refractivity contribution in [1.29, 1.82) is 0 Å². The van der Waals surface area contributed by atoms with Crippen molar-refractivity contribution < 1.29 is 14.3 Å². The van der Waals surface area contributed by atoms with Crippen molar-refractivity contribution in [1.82, 2.24) is 4.98 Å². The number of anilines is 1. The Morgan fingerprint density at radius 3 is 2.73 bits per heavy atom. The number of aromatic nitrogens is 1. The monoisotopic (exact) mass is 386 g/mol. The summed E-state index contributed by atoms with van der Waals surface area (Å²) < 4.78 is 11.0. The highest BCUT2D eigenvalue weighted by atomic mass is 35.5. The third kappa shape index (κ3) is 3.71. The van der Waals surface area contributed by atoms with Gasteiger partial charge in [-0.3, -0.25) is 4.79 Å². The van der Waals surface area contributed by atoms with Gasteiger partial charge in [0, 0.05) is 17.5 Å². The van der Waals surface area contributed by atoms with Crippen LogP contribution >= 0.6 is 23.4 Å². The highest BCUT2D eigenvalue weighted by Crippen LogP contribution is 2.38. The van der Waals surface area contributed by atoms with Crippen LogP contribution in [-0.4, -0.2) is 29.9 Å². The van der Waals surface area contributed by atoms with Gasteiger partial charge in [0.2, 0.25) is 5.91 Å². The standard InChI is InChI=1S/C19H15ClN2O3S/c20-13-9-16-17(25-8-7-24-16)10-15(13)21-18(23)11-26-19-6-5-12-3-1-2-4-14(12)22-19/h1-6,9-10H,7-8,11H2,(H,21,23). The summed E-state index contributed by atoms with van der Waals surface area (Å²) in [4.78, 5) is 16.8. The molecular formula is C19H15ClN2O3S. The molecule has 1 aliphatic heterocycles. The Morgan fingerprint density at radius 2 is 1.88 bits per heavy atom. The van der Waals surface area contributed by atoms with Gasteiger partial charge in [-0.15, -0.1) is 0 Å². The van der Waals surface area contributed by atoms with Crippen LogP contribution in [0.15, 0.2) is 53.6 Å². The van der Waals surface area contributed by atoms with E-state index in [1.807, 2.05) is 36.4 Å². The molecule has 3 aromatic rings. The number of carbonyl (C=O) groups is 1. The molecular weight excluding hydrogens is 372 g/mol. The maximum absolute atomic E-state index is 12.3. The molecule has 0 spiro atoms. The van der Waals surface area contributed by atoms with E-state index in [0.29, 0.717) is 35.4 Å². The molecule has 4 rings (SSSR count). The molecule has 0 fully saturated rings. The second kappa shape index (κ2) is 7.43. The van der Waals surface area contributed by atoms with E-state index in [-0.39, 0.29) is 11.7 Å². The molecule has 132 valence electrons. The van der Waals surface area contributed by atoms with Gasteiger partial charge in [-0.25, -0.2) is 4.98 Å². The third-order valence-corrected chi connectivity index (χ3v) is 5.07. The van der Waals surface area contributed by atoms with E-state index in [0.717, 1.165) is 15.9 Å². The first-order valence-corrected chi connectivity index (χ1v) is 9.43. The van der Waals surface area contributed by atoms with E-state index in [2.05, 4.69) is 10.3 Å². The van der Waals surface area contributed by atoms with Crippen LogP contribution in [0.25, 0.3) is 10.9 Å². The van der Waals surface area contributed by atoms with Gasteiger partial charge in [-0.2, -0.15) is 0 Å². The molecule has 1 aromatic heterocycles. The molecule has 0 atom stereocenters. The number of nitrogens with zero attached hydrogens (tertiary/aromatic N) is 1. The van der Waals surface area contributed by atoms with E-state index in [1.54, 1.807) is 12.1 Å². The van der Waals surface area contributed by atoms with E-state index in [9.17, 15) is 4.79 Å². The lowest BCUT2D eigenvalue weighted by molar-refractivity contribution is -0.113. The number of para-hydroxylation sites is 1. The summed E-state index contributed by atoms with van der Waals surface area (Å²) in [6, 6.07) is 15.1. The summed E-state index contributed by atoms with van der Waals surface area (Å²) in [5.41, 5.74) is 1.42. The van der Waals surface area contributed by atoms with Crippen LogP contribution in [0, 0.1) is 0 Å². The van der Waals surface area contributed by atoms with Gasteiger partial charge in [0.05, 0.1) is 27.0 Å². The first-order chi connectivity index (χ1) is 12.7. The molecule has 0 saturated heterocycles. The van der Waals surface area contributed by atoms with Crippen molar-refractivity contribution >= 4 is 45.9 Å².